The largest absolute Gasteiger partial charge is 0.494 e. The van der Waals surface area contributed by atoms with Crippen LogP contribution in [0.5, 0.6) is 5.75 Å². The predicted octanol–water partition coefficient (Wildman–Crippen LogP) is 5.36. The van der Waals surface area contributed by atoms with E-state index in [1.54, 1.807) is 24.5 Å². The number of hydrogen-bond donors (Lipinski definition) is 1. The summed E-state index contributed by atoms with van der Waals surface area (Å²) in [6.45, 7) is 1.95. The Bertz CT molecular complexity index is 1480. The molecule has 0 aliphatic heterocycles. The number of benzene rings is 1. The molecule has 1 N–H and O–H groups in total. The van der Waals surface area contributed by atoms with Gasteiger partial charge in [0.05, 0.1) is 30.5 Å². The number of rotatable bonds is 6. The molecular weight excluding hydrogens is 484 g/mol. The summed E-state index contributed by atoms with van der Waals surface area (Å²) in [5, 5.41) is 22.1. The van der Waals surface area contributed by atoms with Crippen LogP contribution in [0.15, 0.2) is 48.9 Å². The van der Waals surface area contributed by atoms with Gasteiger partial charge in [0.2, 0.25) is 5.13 Å². The Labute approximate surface area is 210 Å². The van der Waals surface area contributed by atoms with Crippen LogP contribution < -0.4 is 10.1 Å². The Morgan fingerprint density at radius 2 is 2.06 bits per heavy atom. The lowest BCUT2D eigenvalue weighted by Gasteiger charge is -2.12. The van der Waals surface area contributed by atoms with Gasteiger partial charge < -0.3 is 4.74 Å². The van der Waals surface area contributed by atoms with Crippen molar-refractivity contribution in [1.82, 2.24) is 20.2 Å². The number of nitrogens with one attached hydrogen (secondary N) is 1. The molecule has 1 amide bonds. The Morgan fingerprint density at radius 1 is 1.20 bits per heavy atom. The lowest BCUT2D eigenvalue weighted by molar-refractivity contribution is 0.102. The summed E-state index contributed by atoms with van der Waals surface area (Å²) in [6, 6.07) is 11.4. The van der Waals surface area contributed by atoms with Crippen molar-refractivity contribution in [2.24, 2.45) is 0 Å². The van der Waals surface area contributed by atoms with E-state index in [0.717, 1.165) is 17.0 Å². The molecular formula is C25H19ClN6O2S. The number of halogens is 1. The standard InChI is InChI=1S/C25H19ClN6O2S/c1-13-7-14(3-4-15(13)10-27)17-8-19(17)24-31-32-25(35-24)30-23(33)16-5-6-28-11-20(16)18-9-22(26)29-12-21(18)34-2/h3-7,9,11-12,17,19H,8H2,1-2H3,(H,30,32,33)/t17-,19+/m0/s1. The Kier molecular flexibility index (Phi) is 6.16. The summed E-state index contributed by atoms with van der Waals surface area (Å²) in [6.07, 6.45) is 5.60. The highest BCUT2D eigenvalue weighted by atomic mass is 35.5. The Hall–Kier alpha value is -3.87. The fourth-order valence-electron chi connectivity index (χ4n) is 4.08. The minimum absolute atomic E-state index is 0.255. The number of anilines is 1. The zero-order chi connectivity index (χ0) is 24.5. The maximum absolute atomic E-state index is 13.2. The number of ether oxygens (including phenoxy) is 1. The van der Waals surface area contributed by atoms with E-state index in [1.807, 2.05) is 19.1 Å². The molecule has 0 bridgehead atoms. The monoisotopic (exact) mass is 502 g/mol. The van der Waals surface area contributed by atoms with E-state index in [9.17, 15) is 4.79 Å². The van der Waals surface area contributed by atoms with E-state index in [0.29, 0.717) is 39.1 Å². The number of nitrogens with zero attached hydrogens (tertiary/aromatic N) is 5. The number of aromatic nitrogens is 4. The summed E-state index contributed by atoms with van der Waals surface area (Å²) >= 11 is 7.46. The molecule has 1 aliphatic carbocycles. The van der Waals surface area contributed by atoms with Gasteiger partial charge in [-0.2, -0.15) is 5.26 Å². The summed E-state index contributed by atoms with van der Waals surface area (Å²) in [5.74, 6) is 0.737. The predicted molar refractivity (Wildman–Crippen MR) is 133 cm³/mol. The zero-order valence-electron chi connectivity index (χ0n) is 18.8. The highest BCUT2D eigenvalue weighted by Gasteiger charge is 2.42. The van der Waals surface area contributed by atoms with Crippen molar-refractivity contribution in [3.63, 3.8) is 0 Å². The first kappa shape index (κ1) is 22.9. The summed E-state index contributed by atoms with van der Waals surface area (Å²) in [7, 11) is 1.53. The van der Waals surface area contributed by atoms with Crippen LogP contribution in [0.25, 0.3) is 11.1 Å². The quantitative estimate of drug-likeness (QED) is 0.353. The van der Waals surface area contributed by atoms with E-state index >= 15 is 0 Å². The van der Waals surface area contributed by atoms with Crippen molar-refractivity contribution in [2.45, 2.75) is 25.2 Å². The third-order valence-electron chi connectivity index (χ3n) is 5.98. The van der Waals surface area contributed by atoms with Crippen LogP contribution in [0.1, 0.15) is 50.3 Å². The van der Waals surface area contributed by atoms with Crippen LogP contribution in [0.2, 0.25) is 5.15 Å². The van der Waals surface area contributed by atoms with Crippen LogP contribution >= 0.6 is 22.9 Å². The second-order valence-corrected chi connectivity index (χ2v) is 9.56. The molecule has 3 heterocycles. The van der Waals surface area contributed by atoms with Crippen LogP contribution in [0, 0.1) is 18.3 Å². The normalized spacial score (nSPS) is 16.4. The highest BCUT2D eigenvalue weighted by Crippen LogP contribution is 2.55. The fourth-order valence-corrected chi connectivity index (χ4v) is 5.15. The molecule has 35 heavy (non-hydrogen) atoms. The molecule has 4 aromatic rings. The van der Waals surface area contributed by atoms with E-state index in [-0.39, 0.29) is 17.0 Å². The number of nitriles is 1. The Morgan fingerprint density at radius 3 is 2.83 bits per heavy atom. The minimum Gasteiger partial charge on any atom is -0.494 e. The molecule has 8 nitrogen and oxygen atoms in total. The molecule has 2 atom stereocenters. The van der Waals surface area contributed by atoms with Crippen molar-refractivity contribution in [2.75, 3.05) is 12.4 Å². The number of hydrogen-bond acceptors (Lipinski definition) is 8. The van der Waals surface area contributed by atoms with Gasteiger partial charge in [-0.15, -0.1) is 10.2 Å². The van der Waals surface area contributed by atoms with Crippen LogP contribution in [0.3, 0.4) is 0 Å². The topological polar surface area (TPSA) is 114 Å². The van der Waals surface area contributed by atoms with E-state index in [1.165, 1.54) is 30.2 Å². The molecule has 0 saturated heterocycles. The third-order valence-corrected chi connectivity index (χ3v) is 7.15. The van der Waals surface area contributed by atoms with Gasteiger partial charge in [-0.05, 0) is 48.6 Å². The second-order valence-electron chi connectivity index (χ2n) is 8.16. The van der Waals surface area contributed by atoms with Gasteiger partial charge in [-0.25, -0.2) is 4.98 Å². The average Bonchev–Trinajstić information content (AvgIpc) is 3.54. The zero-order valence-corrected chi connectivity index (χ0v) is 20.4. The number of amides is 1. The van der Waals surface area contributed by atoms with Crippen LogP contribution in [-0.4, -0.2) is 33.2 Å². The van der Waals surface area contributed by atoms with Gasteiger partial charge in [0.25, 0.3) is 5.91 Å². The average molecular weight is 503 g/mol. The Balaban J connectivity index is 1.34. The molecule has 0 unspecified atom stereocenters. The van der Waals surface area contributed by atoms with Gasteiger partial charge in [0.1, 0.15) is 15.9 Å². The van der Waals surface area contributed by atoms with Crippen molar-refractivity contribution < 1.29 is 9.53 Å². The lowest BCUT2D eigenvalue weighted by atomic mass is 10.0. The maximum Gasteiger partial charge on any atom is 0.258 e. The molecule has 1 aromatic carbocycles. The summed E-state index contributed by atoms with van der Waals surface area (Å²) < 4.78 is 5.39. The van der Waals surface area contributed by atoms with E-state index in [4.69, 9.17) is 21.6 Å². The van der Waals surface area contributed by atoms with Crippen LogP contribution in [0.4, 0.5) is 5.13 Å². The number of carbonyl (C=O) groups excluding carboxylic acids is 1. The van der Waals surface area contributed by atoms with Gasteiger partial charge >= 0.3 is 0 Å². The molecule has 1 fully saturated rings. The first-order valence-electron chi connectivity index (χ1n) is 10.8. The lowest BCUT2D eigenvalue weighted by Crippen LogP contribution is -2.13. The first-order valence-corrected chi connectivity index (χ1v) is 12.0. The molecule has 0 spiro atoms. The third kappa shape index (κ3) is 4.58. The van der Waals surface area contributed by atoms with Gasteiger partial charge in [-0.3, -0.25) is 15.1 Å². The number of aryl methyl sites for hydroxylation is 1. The van der Waals surface area contributed by atoms with Gasteiger partial charge in [0, 0.05) is 29.4 Å². The second kappa shape index (κ2) is 9.41. The molecule has 10 heteroatoms. The van der Waals surface area contributed by atoms with Crippen molar-refractivity contribution >= 4 is 34.0 Å². The number of methoxy groups -OCH3 is 1. The minimum atomic E-state index is -0.338. The molecule has 174 valence electrons. The van der Waals surface area contributed by atoms with Crippen LogP contribution in [-0.2, 0) is 0 Å². The van der Waals surface area contributed by atoms with Crippen molar-refractivity contribution in [3.05, 3.63) is 81.3 Å². The molecule has 0 radical (unpaired) electrons. The smallest absolute Gasteiger partial charge is 0.258 e. The SMILES string of the molecule is COc1cnc(Cl)cc1-c1cnccc1C(=O)Nc1nnc([C@@H]2C[C@H]2c2ccc(C#N)c(C)c2)s1. The summed E-state index contributed by atoms with van der Waals surface area (Å²) in [4.78, 5) is 21.4. The first-order chi connectivity index (χ1) is 17.0. The van der Waals surface area contributed by atoms with E-state index in [2.05, 4.69) is 37.6 Å². The number of carbonyl (C=O) groups is 1. The van der Waals surface area contributed by atoms with Gasteiger partial charge in [-0.1, -0.05) is 35.1 Å². The fraction of sp³-hybridized carbons (Fsp3) is 0.200. The molecule has 3 aromatic heterocycles. The number of pyridine rings is 2. The van der Waals surface area contributed by atoms with Crippen molar-refractivity contribution in [1.29, 1.82) is 5.26 Å². The van der Waals surface area contributed by atoms with Crippen molar-refractivity contribution in [3.8, 4) is 22.9 Å². The van der Waals surface area contributed by atoms with Gasteiger partial charge in [0.15, 0.2) is 0 Å². The molecule has 1 saturated carbocycles. The summed E-state index contributed by atoms with van der Waals surface area (Å²) in [5.41, 5.74) is 4.43. The molecule has 5 rings (SSSR count). The van der Waals surface area contributed by atoms with E-state index < -0.39 is 0 Å². The highest BCUT2D eigenvalue weighted by molar-refractivity contribution is 7.15. The maximum atomic E-state index is 13.2. The molecule has 1 aliphatic rings.